The van der Waals surface area contributed by atoms with Gasteiger partial charge in [0.15, 0.2) is 0 Å². The predicted octanol–water partition coefficient (Wildman–Crippen LogP) is 3.54. The van der Waals surface area contributed by atoms with Crippen LogP contribution in [0.15, 0.2) is 0 Å². The molecule has 0 aliphatic carbocycles. The molecule has 0 heterocycles. The summed E-state index contributed by atoms with van der Waals surface area (Å²) in [6.45, 7) is 1.25. The second-order valence-corrected chi connectivity index (χ2v) is 12.4. The summed E-state index contributed by atoms with van der Waals surface area (Å²) in [4.78, 5) is 68.5. The molecule has 14 nitrogen and oxygen atoms in total. The van der Waals surface area contributed by atoms with E-state index in [9.17, 15) is 33.9 Å². The average molecular weight is 700 g/mol. The molecule has 0 saturated heterocycles. The number of unbranched alkanes of at least 4 members (excludes halogenated alkanes) is 14. The van der Waals surface area contributed by atoms with Gasteiger partial charge < -0.3 is 41.4 Å². The fourth-order valence-electron chi connectivity index (χ4n) is 5.05. The number of carbonyl (C=O) groups excluding carboxylic acids is 4. The van der Waals surface area contributed by atoms with Crippen molar-refractivity contribution in [2.24, 2.45) is 5.73 Å². The first-order valence-corrected chi connectivity index (χ1v) is 18.2. The van der Waals surface area contributed by atoms with Crippen LogP contribution in [0.1, 0.15) is 135 Å². The summed E-state index contributed by atoms with van der Waals surface area (Å²) in [7, 11) is 0. The number of hydrogen-bond donors (Lipinski definition) is 6. The first-order valence-electron chi connectivity index (χ1n) is 18.2. The van der Waals surface area contributed by atoms with Crippen molar-refractivity contribution in [2.75, 3.05) is 39.5 Å². The number of aliphatic carboxylic acids is 2. The van der Waals surface area contributed by atoms with Gasteiger partial charge in [-0.25, -0.2) is 4.79 Å². The Morgan fingerprint density at radius 3 is 1.65 bits per heavy atom. The van der Waals surface area contributed by atoms with Gasteiger partial charge in [0.25, 0.3) is 0 Å². The molecule has 0 aliphatic rings. The Labute approximate surface area is 292 Å². The van der Waals surface area contributed by atoms with Crippen molar-refractivity contribution >= 4 is 35.9 Å². The van der Waals surface area contributed by atoms with Gasteiger partial charge in [0.1, 0.15) is 12.6 Å². The van der Waals surface area contributed by atoms with Crippen LogP contribution in [0.2, 0.25) is 0 Å². The summed E-state index contributed by atoms with van der Waals surface area (Å²) in [5.41, 5.74) is 5.45. The van der Waals surface area contributed by atoms with Gasteiger partial charge in [0.05, 0.1) is 25.9 Å². The summed E-state index contributed by atoms with van der Waals surface area (Å²) in [6, 6.07) is -1.71. The molecule has 0 bridgehead atoms. The number of rotatable bonds is 36. The molecule has 0 rings (SSSR count). The smallest absolute Gasteiger partial charge is 0.326 e. The normalized spacial score (nSPS) is 12.2. The molecule has 1 radical (unpaired) electrons. The number of carboxylic acid groups (broad SMARTS) is 2. The van der Waals surface area contributed by atoms with Crippen LogP contribution >= 0.6 is 0 Å². The van der Waals surface area contributed by atoms with Crippen molar-refractivity contribution in [2.45, 2.75) is 147 Å². The van der Waals surface area contributed by atoms with Gasteiger partial charge in [-0.1, -0.05) is 77.0 Å². The molecular formula is C35H63N4O10. The van der Waals surface area contributed by atoms with E-state index in [-0.39, 0.29) is 76.4 Å². The lowest BCUT2D eigenvalue weighted by Gasteiger charge is -2.14. The van der Waals surface area contributed by atoms with E-state index in [2.05, 4.69) is 16.0 Å². The highest BCUT2D eigenvalue weighted by Gasteiger charge is 2.20. The van der Waals surface area contributed by atoms with E-state index < -0.39 is 24.0 Å². The average Bonchev–Trinajstić information content (AvgIpc) is 3.06. The third-order valence-corrected chi connectivity index (χ3v) is 7.93. The molecule has 0 aliphatic heterocycles. The fourth-order valence-corrected chi connectivity index (χ4v) is 5.05. The van der Waals surface area contributed by atoms with E-state index >= 15 is 0 Å². The third-order valence-electron chi connectivity index (χ3n) is 7.93. The fraction of sp³-hybridized carbons (Fsp3) is 0.829. The highest BCUT2D eigenvalue weighted by molar-refractivity contribution is 5.84. The summed E-state index contributed by atoms with van der Waals surface area (Å²) < 4.78 is 10.6. The molecule has 7 N–H and O–H groups in total. The number of hydrogen-bond acceptors (Lipinski definition) is 9. The molecule has 49 heavy (non-hydrogen) atoms. The van der Waals surface area contributed by atoms with Crippen molar-refractivity contribution in [3.8, 4) is 0 Å². The van der Waals surface area contributed by atoms with Gasteiger partial charge in [-0.05, 0) is 38.5 Å². The minimum absolute atomic E-state index is 0.0126. The number of ether oxygens (including phenoxy) is 2. The molecule has 0 aromatic heterocycles. The SMILES string of the molecule is N[C@H]([C]=O)CCCCNC(=O)COCCOCCNC(=O)CCC(NC(=O)CCCCCCCCCCCCCCCCC(=O)O)C(=O)O. The standard InChI is InChI=1S/C35H63N4O10/c36-29(27-40)17-15-16-22-37-33(43)28-49-26-25-48-24-23-38-31(41)21-20-30(35(46)47)39-32(42)18-13-11-9-7-5-3-1-2-4-6-8-10-12-14-19-34(44)45/h29-30H,1-26,28,36H2,(H,37,43)(H,38,41)(H,39,42)(H,44,45)(H,46,47)/t29-,30?/m0/s1. The lowest BCUT2D eigenvalue weighted by atomic mass is 10.0. The van der Waals surface area contributed by atoms with E-state index in [0.717, 1.165) is 38.5 Å². The van der Waals surface area contributed by atoms with Crippen LogP contribution in [0.5, 0.6) is 0 Å². The van der Waals surface area contributed by atoms with Gasteiger partial charge in [0.2, 0.25) is 24.0 Å². The zero-order chi connectivity index (χ0) is 36.4. The van der Waals surface area contributed by atoms with Crippen molar-refractivity contribution in [1.82, 2.24) is 16.0 Å². The molecule has 283 valence electrons. The Hall–Kier alpha value is -3.10. The van der Waals surface area contributed by atoms with E-state index in [0.29, 0.717) is 32.2 Å². The van der Waals surface area contributed by atoms with Crippen LogP contribution in [0.3, 0.4) is 0 Å². The highest BCUT2D eigenvalue weighted by atomic mass is 16.5. The van der Waals surface area contributed by atoms with Crippen LogP contribution in [0.4, 0.5) is 0 Å². The molecule has 3 amide bonds. The van der Waals surface area contributed by atoms with E-state index in [4.69, 9.17) is 20.3 Å². The first kappa shape index (κ1) is 45.9. The van der Waals surface area contributed by atoms with Crippen LogP contribution in [-0.4, -0.2) is 97.8 Å². The minimum Gasteiger partial charge on any atom is -0.481 e. The molecular weight excluding hydrogens is 636 g/mol. The van der Waals surface area contributed by atoms with Gasteiger partial charge in [-0.2, -0.15) is 0 Å². The Morgan fingerprint density at radius 1 is 0.571 bits per heavy atom. The second-order valence-electron chi connectivity index (χ2n) is 12.4. The van der Waals surface area contributed by atoms with Crippen molar-refractivity contribution in [3.05, 3.63) is 0 Å². The topological polar surface area (TPSA) is 223 Å². The molecule has 0 aromatic rings. The summed E-state index contributed by atoms with van der Waals surface area (Å²) in [5.74, 6) is -2.80. The van der Waals surface area contributed by atoms with Gasteiger partial charge >= 0.3 is 11.9 Å². The van der Waals surface area contributed by atoms with Crippen LogP contribution < -0.4 is 21.7 Å². The van der Waals surface area contributed by atoms with Crippen LogP contribution in [-0.2, 0) is 38.2 Å². The maximum atomic E-state index is 12.3. The number of carbonyl (C=O) groups is 5. The first-order chi connectivity index (χ1) is 23.6. The second kappa shape index (κ2) is 33.4. The predicted molar refractivity (Wildman–Crippen MR) is 185 cm³/mol. The Morgan fingerprint density at radius 2 is 1.10 bits per heavy atom. The molecule has 0 saturated carbocycles. The molecule has 14 heteroatoms. The van der Waals surface area contributed by atoms with Crippen molar-refractivity contribution < 1.29 is 48.5 Å². The lowest BCUT2D eigenvalue weighted by Crippen LogP contribution is -2.41. The van der Waals surface area contributed by atoms with Gasteiger partial charge in [-0.15, -0.1) is 0 Å². The zero-order valence-electron chi connectivity index (χ0n) is 29.5. The van der Waals surface area contributed by atoms with Crippen LogP contribution in [0, 0.1) is 0 Å². The maximum Gasteiger partial charge on any atom is 0.326 e. The molecule has 0 fully saturated rings. The van der Waals surface area contributed by atoms with E-state index in [1.165, 1.54) is 44.9 Å². The highest BCUT2D eigenvalue weighted by Crippen LogP contribution is 2.14. The van der Waals surface area contributed by atoms with E-state index in [1.807, 2.05) is 0 Å². The summed E-state index contributed by atoms with van der Waals surface area (Å²) >= 11 is 0. The van der Waals surface area contributed by atoms with Gasteiger partial charge in [-0.3, -0.25) is 24.0 Å². The van der Waals surface area contributed by atoms with Crippen LogP contribution in [0.25, 0.3) is 0 Å². The lowest BCUT2D eigenvalue weighted by molar-refractivity contribution is -0.142. The molecule has 0 spiro atoms. The molecule has 2 atom stereocenters. The largest absolute Gasteiger partial charge is 0.481 e. The quantitative estimate of drug-likeness (QED) is 0.0519. The molecule has 1 unspecified atom stereocenters. The van der Waals surface area contributed by atoms with E-state index in [1.54, 1.807) is 6.29 Å². The Balaban J connectivity index is 3.68. The maximum absolute atomic E-state index is 12.3. The minimum atomic E-state index is -1.17. The molecule has 0 aromatic carbocycles. The number of carboxylic acids is 2. The van der Waals surface area contributed by atoms with Gasteiger partial charge in [0, 0.05) is 32.4 Å². The Bertz CT molecular complexity index is 906. The summed E-state index contributed by atoms with van der Waals surface area (Å²) in [5, 5.41) is 26.0. The number of nitrogens with one attached hydrogen (secondary N) is 3. The van der Waals surface area contributed by atoms with Crippen molar-refractivity contribution in [1.29, 1.82) is 0 Å². The zero-order valence-corrected chi connectivity index (χ0v) is 29.5. The number of nitrogens with two attached hydrogens (primary N) is 1. The van der Waals surface area contributed by atoms with Crippen molar-refractivity contribution in [3.63, 3.8) is 0 Å². The summed E-state index contributed by atoms with van der Waals surface area (Å²) in [6.07, 6.45) is 19.3. The Kier molecular flexibility index (Phi) is 31.3. The monoisotopic (exact) mass is 699 g/mol. The third kappa shape index (κ3) is 33.2. The number of amides is 3.